The molecule has 2 aromatic heterocycles. The molecule has 0 bridgehead atoms. The van der Waals surface area contributed by atoms with Crippen LogP contribution in [0.4, 0.5) is 5.82 Å². The van der Waals surface area contributed by atoms with Crippen molar-refractivity contribution in [2.45, 2.75) is 44.4 Å². The van der Waals surface area contributed by atoms with Crippen molar-refractivity contribution in [2.24, 2.45) is 0 Å². The molecule has 3 heterocycles. The minimum Gasteiger partial charge on any atom is -0.354 e. The predicted molar refractivity (Wildman–Crippen MR) is 122 cm³/mol. The molecule has 1 saturated heterocycles. The second-order valence-corrected chi connectivity index (χ2v) is 8.64. The molecule has 0 N–H and O–H groups in total. The van der Waals surface area contributed by atoms with E-state index in [1.54, 1.807) is 6.20 Å². The summed E-state index contributed by atoms with van der Waals surface area (Å²) in [5, 5.41) is 4.17. The van der Waals surface area contributed by atoms with Gasteiger partial charge in [-0.1, -0.05) is 42.4 Å². The zero-order valence-corrected chi connectivity index (χ0v) is 18.5. The first-order chi connectivity index (χ1) is 15.7. The maximum Gasteiger partial charge on any atom is 0.261 e. The third kappa shape index (κ3) is 4.24. The topological polar surface area (TPSA) is 75.4 Å². The van der Waals surface area contributed by atoms with Gasteiger partial charge in [-0.25, -0.2) is 4.98 Å². The lowest BCUT2D eigenvalue weighted by Crippen LogP contribution is -2.38. The number of carbonyl (C=O) groups excluding carboxylic acids is 1. The number of hydrogen-bond donors (Lipinski definition) is 0. The van der Waals surface area contributed by atoms with Crippen molar-refractivity contribution in [1.82, 2.24) is 20.0 Å². The molecule has 3 aromatic rings. The van der Waals surface area contributed by atoms with Crippen LogP contribution in [0, 0.1) is 0 Å². The number of rotatable bonds is 6. The number of pyridine rings is 1. The van der Waals surface area contributed by atoms with Crippen LogP contribution < -0.4 is 4.90 Å². The van der Waals surface area contributed by atoms with Crippen LogP contribution in [-0.4, -0.2) is 52.1 Å². The third-order valence-electron chi connectivity index (χ3n) is 6.42. The molecule has 7 heteroatoms. The van der Waals surface area contributed by atoms with Crippen LogP contribution in [0.25, 0.3) is 11.5 Å². The van der Waals surface area contributed by atoms with Crippen molar-refractivity contribution >= 4 is 11.7 Å². The van der Waals surface area contributed by atoms with Crippen LogP contribution in [0.3, 0.4) is 0 Å². The van der Waals surface area contributed by atoms with Crippen molar-refractivity contribution in [2.75, 3.05) is 31.1 Å². The highest BCUT2D eigenvalue weighted by atomic mass is 16.5. The standard InChI is InChI=1S/C25H29N5O2/c1-2-20(18-8-4-3-5-9-18)25(31)30-15-7-14-29(16-17-30)23-21(10-6-13-26-23)24-27-22(28-32-24)19-11-12-19/h3-6,8-10,13,19-20H,2,7,11-12,14-17H2,1H3. The first-order valence-corrected chi connectivity index (χ1v) is 11.6. The van der Waals surface area contributed by atoms with Gasteiger partial charge in [-0.2, -0.15) is 4.98 Å². The average molecular weight is 432 g/mol. The number of aromatic nitrogens is 3. The van der Waals surface area contributed by atoms with Crippen LogP contribution >= 0.6 is 0 Å². The van der Waals surface area contributed by atoms with E-state index in [0.29, 0.717) is 18.4 Å². The van der Waals surface area contributed by atoms with E-state index < -0.39 is 0 Å². The highest BCUT2D eigenvalue weighted by Crippen LogP contribution is 2.39. The lowest BCUT2D eigenvalue weighted by Gasteiger charge is -2.26. The lowest BCUT2D eigenvalue weighted by atomic mass is 9.95. The van der Waals surface area contributed by atoms with Crippen LogP contribution in [0.15, 0.2) is 53.2 Å². The Morgan fingerprint density at radius 1 is 1.09 bits per heavy atom. The molecule has 1 unspecified atom stereocenters. The summed E-state index contributed by atoms with van der Waals surface area (Å²) in [5.41, 5.74) is 1.96. The van der Waals surface area contributed by atoms with E-state index >= 15 is 0 Å². The van der Waals surface area contributed by atoms with Gasteiger partial charge in [0.2, 0.25) is 5.91 Å². The molecule has 1 aliphatic heterocycles. The minimum atomic E-state index is -0.0904. The molecule has 5 rings (SSSR count). The SMILES string of the molecule is CCC(C(=O)N1CCCN(c2ncccc2-c2nc(C3CC3)no2)CC1)c1ccccc1. The summed E-state index contributed by atoms with van der Waals surface area (Å²) in [7, 11) is 0. The van der Waals surface area contributed by atoms with Crippen molar-refractivity contribution in [3.63, 3.8) is 0 Å². The Morgan fingerprint density at radius 3 is 2.72 bits per heavy atom. The van der Waals surface area contributed by atoms with Crippen molar-refractivity contribution in [1.29, 1.82) is 0 Å². The lowest BCUT2D eigenvalue weighted by molar-refractivity contribution is -0.132. The number of nitrogens with zero attached hydrogens (tertiary/aromatic N) is 5. The smallest absolute Gasteiger partial charge is 0.261 e. The average Bonchev–Trinajstić information content (AvgIpc) is 3.62. The van der Waals surface area contributed by atoms with Crippen LogP contribution in [0.5, 0.6) is 0 Å². The highest BCUT2D eigenvalue weighted by Gasteiger charge is 2.31. The Bertz CT molecular complexity index is 1060. The Labute approximate surface area is 188 Å². The second-order valence-electron chi connectivity index (χ2n) is 8.64. The first-order valence-electron chi connectivity index (χ1n) is 11.6. The zero-order valence-electron chi connectivity index (χ0n) is 18.5. The van der Waals surface area contributed by atoms with Crippen molar-refractivity contribution in [3.8, 4) is 11.5 Å². The molecule has 1 amide bonds. The van der Waals surface area contributed by atoms with Crippen molar-refractivity contribution < 1.29 is 9.32 Å². The van der Waals surface area contributed by atoms with Crippen LogP contribution in [0.2, 0.25) is 0 Å². The summed E-state index contributed by atoms with van der Waals surface area (Å²) in [5.74, 6) is 2.75. The van der Waals surface area contributed by atoms with E-state index in [1.165, 1.54) is 0 Å². The number of amides is 1. The van der Waals surface area contributed by atoms with Crippen molar-refractivity contribution in [3.05, 3.63) is 60.0 Å². The zero-order chi connectivity index (χ0) is 21.9. The summed E-state index contributed by atoms with van der Waals surface area (Å²) in [6, 6.07) is 14.0. The normalized spacial score (nSPS) is 17.8. The van der Waals surface area contributed by atoms with Gasteiger partial charge >= 0.3 is 0 Å². The Balaban J connectivity index is 1.32. The summed E-state index contributed by atoms with van der Waals surface area (Å²) in [6.07, 6.45) is 5.76. The molecule has 2 fully saturated rings. The first kappa shape index (κ1) is 20.7. The molecular weight excluding hydrogens is 402 g/mol. The van der Waals surface area contributed by atoms with Gasteiger partial charge in [0, 0.05) is 38.3 Å². The fourth-order valence-electron chi connectivity index (χ4n) is 4.48. The third-order valence-corrected chi connectivity index (χ3v) is 6.42. The molecule has 2 aliphatic rings. The van der Waals surface area contributed by atoms with E-state index in [1.807, 2.05) is 35.2 Å². The molecule has 0 radical (unpaired) electrons. The molecule has 1 aliphatic carbocycles. The Kier molecular flexibility index (Phi) is 5.88. The van der Waals surface area contributed by atoms with E-state index in [9.17, 15) is 4.79 Å². The van der Waals surface area contributed by atoms with Gasteiger partial charge in [0.15, 0.2) is 5.82 Å². The molecule has 1 atom stereocenters. The molecule has 1 saturated carbocycles. The van der Waals surface area contributed by atoms with E-state index in [-0.39, 0.29) is 11.8 Å². The number of anilines is 1. The van der Waals surface area contributed by atoms with Gasteiger partial charge in [0.05, 0.1) is 11.5 Å². The molecule has 166 valence electrons. The fraction of sp³-hybridized carbons (Fsp3) is 0.440. The maximum absolute atomic E-state index is 13.3. The quantitative estimate of drug-likeness (QED) is 0.581. The largest absolute Gasteiger partial charge is 0.354 e. The van der Waals surface area contributed by atoms with Gasteiger partial charge in [0.1, 0.15) is 5.82 Å². The number of carbonyl (C=O) groups is 1. The maximum atomic E-state index is 13.3. The molecular formula is C25H29N5O2. The summed E-state index contributed by atoms with van der Waals surface area (Å²) in [4.78, 5) is 26.9. The Hall–Kier alpha value is -3.22. The highest BCUT2D eigenvalue weighted by molar-refractivity contribution is 5.84. The van der Waals surface area contributed by atoms with Gasteiger partial charge in [-0.05, 0) is 43.4 Å². The summed E-state index contributed by atoms with van der Waals surface area (Å²) < 4.78 is 5.58. The number of benzene rings is 1. The second kappa shape index (κ2) is 9.10. The van der Waals surface area contributed by atoms with Gasteiger partial charge in [-0.15, -0.1) is 0 Å². The Morgan fingerprint density at radius 2 is 1.94 bits per heavy atom. The minimum absolute atomic E-state index is 0.0904. The summed E-state index contributed by atoms with van der Waals surface area (Å²) >= 11 is 0. The van der Waals surface area contributed by atoms with Gasteiger partial charge in [0.25, 0.3) is 5.89 Å². The predicted octanol–water partition coefficient (Wildman–Crippen LogP) is 4.24. The molecule has 7 nitrogen and oxygen atoms in total. The van der Waals surface area contributed by atoms with Gasteiger partial charge < -0.3 is 14.3 Å². The molecule has 1 aromatic carbocycles. The monoisotopic (exact) mass is 431 g/mol. The van der Waals surface area contributed by atoms with E-state index in [2.05, 4.69) is 39.1 Å². The fourth-order valence-corrected chi connectivity index (χ4v) is 4.48. The van der Waals surface area contributed by atoms with E-state index in [0.717, 1.165) is 68.1 Å². The van der Waals surface area contributed by atoms with Crippen LogP contribution in [-0.2, 0) is 4.79 Å². The van der Waals surface area contributed by atoms with E-state index in [4.69, 9.17) is 4.52 Å². The number of hydrogen-bond acceptors (Lipinski definition) is 6. The van der Waals surface area contributed by atoms with Crippen LogP contribution in [0.1, 0.15) is 55.8 Å². The molecule has 32 heavy (non-hydrogen) atoms. The van der Waals surface area contributed by atoms with Gasteiger partial charge in [-0.3, -0.25) is 4.79 Å². The summed E-state index contributed by atoms with van der Waals surface area (Å²) in [6.45, 7) is 5.08. The molecule has 0 spiro atoms.